The molecule has 1 aliphatic rings. The monoisotopic (exact) mass is 536 g/mol. The lowest BCUT2D eigenvalue weighted by Crippen LogP contribution is -2.42. The molecule has 37 heavy (non-hydrogen) atoms. The number of ether oxygens (including phenoxy) is 1. The summed E-state index contributed by atoms with van der Waals surface area (Å²) >= 11 is 1.08. The molecule has 200 valence electrons. The van der Waals surface area contributed by atoms with E-state index in [9.17, 15) is 18.3 Å². The summed E-state index contributed by atoms with van der Waals surface area (Å²) in [6, 6.07) is 7.00. The number of likely N-dealkylation sites (tertiary alicyclic amines) is 1. The molecule has 0 radical (unpaired) electrons. The van der Waals surface area contributed by atoms with E-state index in [-0.39, 0.29) is 23.3 Å². The Bertz CT molecular complexity index is 1230. The second-order valence-corrected chi connectivity index (χ2v) is 10.9. The molecular formula is C28H32F4N2O2S. The molecule has 3 aromatic rings. The molecule has 4 rings (SSSR count). The SMILES string of the molecule is COc1ccc2ncc(C)c([C@H](F)CCC3(CO)CCN(CCSc4cc(F)cc(F)c4F)CC3)c2c1. The molecule has 1 atom stereocenters. The number of benzene rings is 2. The largest absolute Gasteiger partial charge is 0.497 e. The maximum atomic E-state index is 15.7. The molecule has 4 nitrogen and oxygen atoms in total. The lowest BCUT2D eigenvalue weighted by atomic mass is 9.74. The van der Waals surface area contributed by atoms with Crippen molar-refractivity contribution in [2.75, 3.05) is 39.1 Å². The van der Waals surface area contributed by atoms with Crippen LogP contribution in [0.15, 0.2) is 41.4 Å². The number of nitrogens with zero attached hydrogens (tertiary/aromatic N) is 2. The van der Waals surface area contributed by atoms with Gasteiger partial charge in [-0.05, 0) is 86.5 Å². The van der Waals surface area contributed by atoms with Crippen LogP contribution < -0.4 is 4.74 Å². The number of rotatable bonds is 10. The summed E-state index contributed by atoms with van der Waals surface area (Å²) in [6.45, 7) is 3.90. The normalized spacial score (nSPS) is 16.7. The summed E-state index contributed by atoms with van der Waals surface area (Å²) in [4.78, 5) is 6.57. The van der Waals surface area contributed by atoms with E-state index in [1.165, 1.54) is 0 Å². The van der Waals surface area contributed by atoms with Crippen LogP contribution in [-0.2, 0) is 0 Å². The Kier molecular flexibility index (Phi) is 8.98. The fraction of sp³-hybridized carbons (Fsp3) is 0.464. The zero-order chi connectivity index (χ0) is 26.6. The summed E-state index contributed by atoms with van der Waals surface area (Å²) < 4.78 is 61.7. The Morgan fingerprint density at radius 3 is 2.62 bits per heavy atom. The van der Waals surface area contributed by atoms with Gasteiger partial charge >= 0.3 is 0 Å². The van der Waals surface area contributed by atoms with E-state index in [0.29, 0.717) is 67.5 Å². The lowest BCUT2D eigenvalue weighted by molar-refractivity contribution is 0.0323. The summed E-state index contributed by atoms with van der Waals surface area (Å²) in [5, 5.41) is 11.0. The highest BCUT2D eigenvalue weighted by Crippen LogP contribution is 2.41. The van der Waals surface area contributed by atoms with Crippen LogP contribution in [0.1, 0.15) is 43.0 Å². The average Bonchev–Trinajstić information content (AvgIpc) is 2.90. The number of thioether (sulfide) groups is 1. The molecular weight excluding hydrogens is 504 g/mol. The Labute approximate surface area is 219 Å². The number of hydrogen-bond acceptors (Lipinski definition) is 5. The smallest absolute Gasteiger partial charge is 0.172 e. The zero-order valence-corrected chi connectivity index (χ0v) is 21.9. The summed E-state index contributed by atoms with van der Waals surface area (Å²) in [5.74, 6) is -1.88. The van der Waals surface area contributed by atoms with Crippen LogP contribution in [0.3, 0.4) is 0 Å². The first-order valence-electron chi connectivity index (χ1n) is 12.4. The molecule has 0 spiro atoms. The quantitative estimate of drug-likeness (QED) is 0.179. The molecule has 1 aliphatic heterocycles. The van der Waals surface area contributed by atoms with Gasteiger partial charge in [-0.3, -0.25) is 4.98 Å². The molecule has 0 bridgehead atoms. The number of aliphatic hydroxyl groups is 1. The number of methoxy groups -OCH3 is 1. The van der Waals surface area contributed by atoms with E-state index in [1.807, 2.05) is 25.1 Å². The highest BCUT2D eigenvalue weighted by molar-refractivity contribution is 7.99. The van der Waals surface area contributed by atoms with Gasteiger partial charge in [0, 0.05) is 41.4 Å². The van der Waals surface area contributed by atoms with Gasteiger partial charge in [0.05, 0.1) is 12.6 Å². The van der Waals surface area contributed by atoms with Crippen molar-refractivity contribution in [1.29, 1.82) is 0 Å². The molecule has 1 N–H and O–H groups in total. The first kappa shape index (κ1) is 27.7. The van der Waals surface area contributed by atoms with Gasteiger partial charge in [0.1, 0.15) is 17.7 Å². The number of piperidine rings is 1. The molecule has 2 heterocycles. The molecule has 1 fully saturated rings. The van der Waals surface area contributed by atoms with Crippen LogP contribution >= 0.6 is 11.8 Å². The van der Waals surface area contributed by atoms with Gasteiger partial charge in [-0.1, -0.05) is 0 Å². The van der Waals surface area contributed by atoms with E-state index in [0.717, 1.165) is 28.8 Å². The molecule has 0 unspecified atom stereocenters. The lowest BCUT2D eigenvalue weighted by Gasteiger charge is -2.41. The van der Waals surface area contributed by atoms with E-state index >= 15 is 4.39 Å². The number of aromatic nitrogens is 1. The number of hydrogen-bond donors (Lipinski definition) is 1. The number of fused-ring (bicyclic) bond motifs is 1. The number of pyridine rings is 1. The van der Waals surface area contributed by atoms with E-state index in [1.54, 1.807) is 13.3 Å². The third-order valence-electron chi connectivity index (χ3n) is 7.43. The Morgan fingerprint density at radius 1 is 1.16 bits per heavy atom. The van der Waals surface area contributed by atoms with Gasteiger partial charge in [-0.2, -0.15) is 0 Å². The molecule has 0 aliphatic carbocycles. The minimum absolute atomic E-state index is 0.0139. The van der Waals surface area contributed by atoms with Gasteiger partial charge in [-0.25, -0.2) is 17.6 Å². The van der Waals surface area contributed by atoms with Crippen molar-refractivity contribution in [3.8, 4) is 5.75 Å². The average molecular weight is 537 g/mol. The molecule has 9 heteroatoms. The highest BCUT2D eigenvalue weighted by Gasteiger charge is 2.35. The van der Waals surface area contributed by atoms with Crippen molar-refractivity contribution in [2.45, 2.75) is 43.7 Å². The second kappa shape index (κ2) is 12.0. The van der Waals surface area contributed by atoms with Crippen LogP contribution in [0.25, 0.3) is 10.9 Å². The van der Waals surface area contributed by atoms with Crippen LogP contribution in [0.5, 0.6) is 5.75 Å². The number of aliphatic hydroxyl groups excluding tert-OH is 1. The van der Waals surface area contributed by atoms with Crippen molar-refractivity contribution in [3.63, 3.8) is 0 Å². The fourth-order valence-corrected chi connectivity index (χ4v) is 6.06. The van der Waals surface area contributed by atoms with Crippen LogP contribution in [0.2, 0.25) is 0 Å². The summed E-state index contributed by atoms with van der Waals surface area (Å²) in [7, 11) is 1.58. The van der Waals surface area contributed by atoms with Crippen LogP contribution in [-0.4, -0.2) is 54.1 Å². The van der Waals surface area contributed by atoms with Crippen molar-refractivity contribution in [1.82, 2.24) is 9.88 Å². The predicted octanol–water partition coefficient (Wildman–Crippen LogP) is 6.63. The summed E-state index contributed by atoms with van der Waals surface area (Å²) in [5.41, 5.74) is 1.76. The molecule has 0 amide bonds. The number of alkyl halides is 1. The van der Waals surface area contributed by atoms with Crippen LogP contribution in [0.4, 0.5) is 17.6 Å². The molecule has 0 saturated carbocycles. The topological polar surface area (TPSA) is 45.6 Å². The molecule has 1 aromatic heterocycles. The summed E-state index contributed by atoms with van der Waals surface area (Å²) in [6.07, 6.45) is 2.77. The first-order valence-corrected chi connectivity index (χ1v) is 13.4. The van der Waals surface area contributed by atoms with E-state index in [4.69, 9.17) is 4.74 Å². The van der Waals surface area contributed by atoms with E-state index < -0.39 is 23.6 Å². The molecule has 2 aromatic carbocycles. The molecule has 1 saturated heterocycles. The van der Waals surface area contributed by atoms with Crippen LogP contribution in [0, 0.1) is 29.8 Å². The minimum Gasteiger partial charge on any atom is -0.497 e. The van der Waals surface area contributed by atoms with Crippen molar-refractivity contribution in [3.05, 3.63) is 65.1 Å². The number of halogens is 4. The standard InChI is InChI=1S/C28H32F4N2O2S/c1-18-16-33-24-4-3-20(36-2)15-21(24)26(18)22(30)5-6-28(17-35)7-9-34(10-8-28)11-12-37-25-14-19(29)13-23(31)27(25)32/h3-4,13-16,22,35H,5-12,17H2,1-2H3/t22-/m1/s1. The Hall–Kier alpha value is -2.36. The zero-order valence-electron chi connectivity index (χ0n) is 21.1. The highest BCUT2D eigenvalue weighted by atomic mass is 32.2. The van der Waals surface area contributed by atoms with Crippen molar-refractivity contribution < 1.29 is 27.4 Å². The van der Waals surface area contributed by atoms with Crippen molar-refractivity contribution in [2.24, 2.45) is 5.41 Å². The van der Waals surface area contributed by atoms with Gasteiger partial charge in [-0.15, -0.1) is 11.8 Å². The van der Waals surface area contributed by atoms with Gasteiger partial charge in [0.15, 0.2) is 11.6 Å². The van der Waals surface area contributed by atoms with Gasteiger partial charge in [0.25, 0.3) is 0 Å². The maximum Gasteiger partial charge on any atom is 0.172 e. The van der Waals surface area contributed by atoms with E-state index in [2.05, 4.69) is 9.88 Å². The third kappa shape index (κ3) is 6.38. The first-order chi connectivity index (χ1) is 17.7. The van der Waals surface area contributed by atoms with Gasteiger partial charge in [0.2, 0.25) is 0 Å². The van der Waals surface area contributed by atoms with Crippen molar-refractivity contribution >= 4 is 22.7 Å². The Morgan fingerprint density at radius 2 is 1.92 bits per heavy atom. The minimum atomic E-state index is -1.20. The Balaban J connectivity index is 1.33. The maximum absolute atomic E-state index is 15.7. The van der Waals surface area contributed by atoms with Gasteiger partial charge < -0.3 is 14.7 Å². The third-order valence-corrected chi connectivity index (χ3v) is 8.43. The number of aryl methyl sites for hydroxylation is 1. The second-order valence-electron chi connectivity index (χ2n) is 9.79. The fourth-order valence-electron chi connectivity index (χ4n) is 5.07. The predicted molar refractivity (Wildman–Crippen MR) is 138 cm³/mol.